The first kappa shape index (κ1) is 19.0. The summed E-state index contributed by atoms with van der Waals surface area (Å²) >= 11 is 0. The molecule has 0 aliphatic rings. The number of hydrogen-bond donors (Lipinski definition) is 4. The maximum absolute atomic E-state index is 10.6. The highest BCUT2D eigenvalue weighted by Crippen LogP contribution is 2.22. The maximum Gasteiger partial charge on any atom is 0.191 e. The number of hydrogen-bond acceptors (Lipinski definition) is 3. The van der Waals surface area contributed by atoms with Crippen LogP contribution in [0.15, 0.2) is 52.2 Å². The molecule has 0 radical (unpaired) electrons. The molecule has 0 fully saturated rings. The van der Waals surface area contributed by atoms with E-state index in [2.05, 4.69) is 51.9 Å². The standard InChI is InChI=1S/C21H28N4O2/c1-4-22-20(25-14-21(3,26)18-9-6-12-27-18)23-11-10-16-13-24-17-8-5-7-15(2)19(16)17/h5-9,12-13,24,26H,4,10-11,14H2,1-3H3,(H2,22,23,25). The number of furan rings is 1. The molecule has 3 aromatic rings. The second-order valence-electron chi connectivity index (χ2n) is 6.93. The summed E-state index contributed by atoms with van der Waals surface area (Å²) in [6.07, 6.45) is 4.51. The van der Waals surface area contributed by atoms with Gasteiger partial charge in [0.2, 0.25) is 0 Å². The van der Waals surface area contributed by atoms with Gasteiger partial charge in [0, 0.05) is 30.2 Å². The molecule has 0 aliphatic heterocycles. The van der Waals surface area contributed by atoms with E-state index in [0.717, 1.165) is 19.5 Å². The number of nitrogens with zero attached hydrogens (tertiary/aromatic N) is 1. The van der Waals surface area contributed by atoms with E-state index in [1.54, 1.807) is 25.3 Å². The summed E-state index contributed by atoms with van der Waals surface area (Å²) in [5, 5.41) is 18.4. The molecule has 0 aliphatic carbocycles. The van der Waals surface area contributed by atoms with Crippen LogP contribution in [-0.2, 0) is 12.0 Å². The Morgan fingerprint density at radius 1 is 1.26 bits per heavy atom. The van der Waals surface area contributed by atoms with E-state index in [9.17, 15) is 5.11 Å². The molecule has 0 saturated carbocycles. The van der Waals surface area contributed by atoms with Crippen molar-refractivity contribution < 1.29 is 9.52 Å². The number of fused-ring (bicyclic) bond motifs is 1. The van der Waals surface area contributed by atoms with E-state index in [1.165, 1.54) is 22.0 Å². The smallest absolute Gasteiger partial charge is 0.191 e. The largest absolute Gasteiger partial charge is 0.466 e. The number of guanidine groups is 1. The van der Waals surface area contributed by atoms with Crippen molar-refractivity contribution in [3.63, 3.8) is 0 Å². The van der Waals surface area contributed by atoms with Crippen molar-refractivity contribution in [2.24, 2.45) is 4.99 Å². The van der Waals surface area contributed by atoms with E-state index in [4.69, 9.17) is 4.42 Å². The Labute approximate surface area is 159 Å². The van der Waals surface area contributed by atoms with Crippen molar-refractivity contribution in [1.29, 1.82) is 0 Å². The summed E-state index contributed by atoms with van der Waals surface area (Å²) in [5.41, 5.74) is 2.59. The Bertz CT molecular complexity index is 894. The van der Waals surface area contributed by atoms with E-state index in [0.29, 0.717) is 11.7 Å². The van der Waals surface area contributed by atoms with Crippen molar-refractivity contribution in [3.05, 3.63) is 59.7 Å². The van der Waals surface area contributed by atoms with Gasteiger partial charge in [0.05, 0.1) is 12.8 Å². The molecule has 144 valence electrons. The molecule has 0 bridgehead atoms. The summed E-state index contributed by atoms with van der Waals surface area (Å²) in [4.78, 5) is 7.85. The lowest BCUT2D eigenvalue weighted by Crippen LogP contribution is -2.39. The third-order valence-corrected chi connectivity index (χ3v) is 4.62. The minimum absolute atomic E-state index is 0.210. The van der Waals surface area contributed by atoms with Crippen LogP contribution in [0.3, 0.4) is 0 Å². The summed E-state index contributed by atoms with van der Waals surface area (Å²) in [6, 6.07) is 9.82. The molecule has 4 N–H and O–H groups in total. The number of nitrogens with one attached hydrogen (secondary N) is 3. The van der Waals surface area contributed by atoms with Crippen LogP contribution in [0.25, 0.3) is 10.9 Å². The van der Waals surface area contributed by atoms with Crippen LogP contribution in [0, 0.1) is 6.92 Å². The Morgan fingerprint density at radius 2 is 2.11 bits per heavy atom. The first-order chi connectivity index (χ1) is 13.0. The average Bonchev–Trinajstić information content (AvgIpc) is 3.31. The van der Waals surface area contributed by atoms with Crippen LogP contribution < -0.4 is 10.6 Å². The van der Waals surface area contributed by atoms with Crippen LogP contribution in [0.4, 0.5) is 0 Å². The van der Waals surface area contributed by atoms with Crippen LogP contribution in [0.5, 0.6) is 0 Å². The molecular weight excluding hydrogens is 340 g/mol. The molecule has 3 rings (SSSR count). The van der Waals surface area contributed by atoms with Gasteiger partial charge in [-0.2, -0.15) is 0 Å². The van der Waals surface area contributed by atoms with Crippen molar-refractivity contribution >= 4 is 16.9 Å². The highest BCUT2D eigenvalue weighted by atomic mass is 16.4. The predicted molar refractivity (Wildman–Crippen MR) is 109 cm³/mol. The minimum atomic E-state index is -1.14. The van der Waals surface area contributed by atoms with Gasteiger partial charge in [-0.3, -0.25) is 0 Å². The number of benzene rings is 1. The lowest BCUT2D eigenvalue weighted by Gasteiger charge is -2.19. The molecular formula is C21H28N4O2. The Kier molecular flexibility index (Phi) is 5.86. The van der Waals surface area contributed by atoms with E-state index in [-0.39, 0.29) is 6.54 Å². The van der Waals surface area contributed by atoms with E-state index >= 15 is 0 Å². The zero-order chi connectivity index (χ0) is 19.3. The number of aromatic amines is 1. The van der Waals surface area contributed by atoms with Crippen LogP contribution in [0.1, 0.15) is 30.7 Å². The SMILES string of the molecule is CCNC(=NCC(C)(O)c1ccco1)NCCc1c[nH]c2cccc(C)c12. The summed E-state index contributed by atoms with van der Waals surface area (Å²) in [6.45, 7) is 7.56. The maximum atomic E-state index is 10.6. The molecule has 0 spiro atoms. The molecule has 1 aromatic carbocycles. The van der Waals surface area contributed by atoms with Crippen LogP contribution in [-0.4, -0.2) is 35.7 Å². The van der Waals surface area contributed by atoms with Crippen molar-refractivity contribution in [2.75, 3.05) is 19.6 Å². The van der Waals surface area contributed by atoms with Crippen molar-refractivity contribution in [1.82, 2.24) is 15.6 Å². The molecule has 6 heteroatoms. The lowest BCUT2D eigenvalue weighted by molar-refractivity contribution is 0.0437. The highest BCUT2D eigenvalue weighted by Gasteiger charge is 2.26. The molecule has 0 saturated heterocycles. The molecule has 1 atom stereocenters. The summed E-state index contributed by atoms with van der Waals surface area (Å²) < 4.78 is 5.31. The number of aromatic nitrogens is 1. The summed E-state index contributed by atoms with van der Waals surface area (Å²) in [7, 11) is 0. The molecule has 0 amide bonds. The molecule has 2 heterocycles. The predicted octanol–water partition coefficient (Wildman–Crippen LogP) is 3.07. The van der Waals surface area contributed by atoms with Crippen LogP contribution >= 0.6 is 0 Å². The van der Waals surface area contributed by atoms with Gasteiger partial charge in [0.25, 0.3) is 0 Å². The Balaban J connectivity index is 1.62. The number of aliphatic hydroxyl groups is 1. The van der Waals surface area contributed by atoms with E-state index < -0.39 is 5.60 Å². The fourth-order valence-corrected chi connectivity index (χ4v) is 3.20. The molecule has 27 heavy (non-hydrogen) atoms. The number of rotatable bonds is 7. The summed E-state index contributed by atoms with van der Waals surface area (Å²) in [5.74, 6) is 1.19. The monoisotopic (exact) mass is 368 g/mol. The number of aliphatic imine (C=N–C) groups is 1. The number of aryl methyl sites for hydroxylation is 1. The van der Waals surface area contributed by atoms with Gasteiger partial charge in [-0.1, -0.05) is 12.1 Å². The third-order valence-electron chi connectivity index (χ3n) is 4.62. The fourth-order valence-electron chi connectivity index (χ4n) is 3.20. The fraction of sp³-hybridized carbons (Fsp3) is 0.381. The van der Waals surface area contributed by atoms with Crippen molar-refractivity contribution in [2.45, 2.75) is 32.8 Å². The Hall–Kier alpha value is -2.73. The van der Waals surface area contributed by atoms with Gasteiger partial charge in [-0.25, -0.2) is 4.99 Å². The first-order valence-corrected chi connectivity index (χ1v) is 9.35. The van der Waals surface area contributed by atoms with Gasteiger partial charge in [0.1, 0.15) is 11.4 Å². The van der Waals surface area contributed by atoms with Gasteiger partial charge < -0.3 is 25.1 Å². The molecule has 6 nitrogen and oxygen atoms in total. The zero-order valence-electron chi connectivity index (χ0n) is 16.2. The second-order valence-corrected chi connectivity index (χ2v) is 6.93. The normalized spacial score (nSPS) is 14.3. The lowest BCUT2D eigenvalue weighted by atomic mass is 10.0. The Morgan fingerprint density at radius 3 is 2.85 bits per heavy atom. The molecule has 2 aromatic heterocycles. The average molecular weight is 368 g/mol. The van der Waals surface area contributed by atoms with Crippen LogP contribution in [0.2, 0.25) is 0 Å². The zero-order valence-corrected chi connectivity index (χ0v) is 16.2. The number of H-pyrrole nitrogens is 1. The second kappa shape index (κ2) is 8.31. The van der Waals surface area contributed by atoms with Gasteiger partial charge >= 0.3 is 0 Å². The van der Waals surface area contributed by atoms with Gasteiger partial charge in [0.15, 0.2) is 5.96 Å². The highest BCUT2D eigenvalue weighted by molar-refractivity contribution is 5.86. The third kappa shape index (κ3) is 4.52. The minimum Gasteiger partial charge on any atom is -0.466 e. The first-order valence-electron chi connectivity index (χ1n) is 9.35. The topological polar surface area (TPSA) is 85.6 Å². The quantitative estimate of drug-likeness (QED) is 0.381. The van der Waals surface area contributed by atoms with Gasteiger partial charge in [-0.15, -0.1) is 0 Å². The van der Waals surface area contributed by atoms with Crippen molar-refractivity contribution in [3.8, 4) is 0 Å². The molecule has 1 unspecified atom stereocenters. The van der Waals surface area contributed by atoms with Gasteiger partial charge in [-0.05, 0) is 56.5 Å². The van der Waals surface area contributed by atoms with E-state index in [1.807, 2.05) is 6.92 Å².